The molecule has 2 aromatic carbocycles. The van der Waals surface area contributed by atoms with Crippen LogP contribution in [0.3, 0.4) is 0 Å². The first-order valence-corrected chi connectivity index (χ1v) is 8.44. The van der Waals surface area contributed by atoms with Gasteiger partial charge in [-0.15, -0.1) is 0 Å². The topological polar surface area (TPSA) is 54.4 Å². The number of fused-ring (bicyclic) bond motifs is 1. The van der Waals surface area contributed by atoms with Gasteiger partial charge in [0.25, 0.3) is 10.1 Å². The molecule has 20 heavy (non-hydrogen) atoms. The van der Waals surface area contributed by atoms with Crippen LogP contribution in [0.2, 0.25) is 0 Å². The number of benzene rings is 2. The van der Waals surface area contributed by atoms with E-state index in [4.69, 9.17) is 0 Å². The summed E-state index contributed by atoms with van der Waals surface area (Å²) in [5, 5.41) is 1.55. The van der Waals surface area contributed by atoms with Crippen molar-refractivity contribution in [3.8, 4) is 0 Å². The van der Waals surface area contributed by atoms with E-state index in [9.17, 15) is 13.0 Å². The second-order valence-electron chi connectivity index (χ2n) is 5.03. The fourth-order valence-electron chi connectivity index (χ4n) is 2.71. The lowest BCUT2D eigenvalue weighted by Gasteiger charge is -2.15. The molecule has 0 aromatic heterocycles. The lowest BCUT2D eigenvalue weighted by Crippen LogP contribution is -2.04. The lowest BCUT2D eigenvalue weighted by atomic mass is 9.93. The summed E-state index contributed by atoms with van der Waals surface area (Å²) in [5.74, 6) is 0. The van der Waals surface area contributed by atoms with E-state index < -0.39 is 10.1 Å². The van der Waals surface area contributed by atoms with Crippen molar-refractivity contribution in [2.24, 2.45) is 0 Å². The maximum Gasteiger partial charge on any atom is 0.295 e. The summed E-state index contributed by atoms with van der Waals surface area (Å²) in [6, 6.07) is 9.05. The molecule has 0 unspecified atom stereocenters. The summed E-state index contributed by atoms with van der Waals surface area (Å²) in [5.41, 5.74) is 2.23. The zero-order chi connectivity index (χ0) is 14.8. The Bertz CT molecular complexity index is 718. The van der Waals surface area contributed by atoms with Crippen LogP contribution in [0, 0.1) is 0 Å². The molecule has 0 aliphatic carbocycles. The highest BCUT2D eigenvalue weighted by molar-refractivity contribution is 7.86. The molecular formula is C16H20O3S. The number of aryl methyl sites for hydroxylation is 2. The van der Waals surface area contributed by atoms with E-state index in [1.807, 2.05) is 12.1 Å². The molecule has 0 saturated heterocycles. The molecule has 0 radical (unpaired) electrons. The summed E-state index contributed by atoms with van der Waals surface area (Å²) >= 11 is 0. The van der Waals surface area contributed by atoms with Gasteiger partial charge in [0.05, 0.1) is 0 Å². The SMILES string of the molecule is CCCc1cc(S(=O)(=O)O)c2ccccc2c1CCC. The second-order valence-corrected chi connectivity index (χ2v) is 6.42. The van der Waals surface area contributed by atoms with Gasteiger partial charge in [-0.3, -0.25) is 4.55 Å². The van der Waals surface area contributed by atoms with Crippen LogP contribution in [0.15, 0.2) is 35.2 Å². The van der Waals surface area contributed by atoms with Gasteiger partial charge in [-0.1, -0.05) is 51.0 Å². The fraction of sp³-hybridized carbons (Fsp3) is 0.375. The third-order valence-electron chi connectivity index (χ3n) is 3.51. The summed E-state index contributed by atoms with van der Waals surface area (Å²) in [6.07, 6.45) is 3.69. The monoisotopic (exact) mass is 292 g/mol. The molecule has 0 heterocycles. The van der Waals surface area contributed by atoms with E-state index in [2.05, 4.69) is 13.8 Å². The highest BCUT2D eigenvalue weighted by Gasteiger charge is 2.18. The molecule has 2 aromatic rings. The molecule has 1 N–H and O–H groups in total. The van der Waals surface area contributed by atoms with Gasteiger partial charge in [0, 0.05) is 5.39 Å². The Balaban J connectivity index is 2.86. The van der Waals surface area contributed by atoms with Crippen LogP contribution in [0.1, 0.15) is 37.8 Å². The van der Waals surface area contributed by atoms with Crippen molar-refractivity contribution in [3.05, 3.63) is 41.5 Å². The van der Waals surface area contributed by atoms with E-state index in [0.29, 0.717) is 5.39 Å². The fourth-order valence-corrected chi connectivity index (χ4v) is 3.46. The number of hydrogen-bond donors (Lipinski definition) is 1. The van der Waals surface area contributed by atoms with Gasteiger partial charge < -0.3 is 0 Å². The number of rotatable bonds is 5. The Labute approximate surface area is 120 Å². The Morgan fingerprint density at radius 1 is 1.00 bits per heavy atom. The average Bonchev–Trinajstić information content (AvgIpc) is 2.40. The first-order chi connectivity index (χ1) is 9.49. The van der Waals surface area contributed by atoms with Crippen LogP contribution >= 0.6 is 0 Å². The quantitative estimate of drug-likeness (QED) is 0.848. The molecule has 0 spiro atoms. The van der Waals surface area contributed by atoms with Crippen molar-refractivity contribution in [2.45, 2.75) is 44.4 Å². The molecule has 0 aliphatic heterocycles. The maximum atomic E-state index is 11.6. The molecule has 0 fully saturated rings. The van der Waals surface area contributed by atoms with Crippen molar-refractivity contribution < 1.29 is 13.0 Å². The normalized spacial score (nSPS) is 11.9. The van der Waals surface area contributed by atoms with Gasteiger partial charge in [0.2, 0.25) is 0 Å². The summed E-state index contributed by atoms with van der Waals surface area (Å²) < 4.78 is 32.7. The maximum absolute atomic E-state index is 11.6. The van der Waals surface area contributed by atoms with Crippen LogP contribution in [0.5, 0.6) is 0 Å². The predicted molar refractivity (Wildman–Crippen MR) is 81.8 cm³/mol. The van der Waals surface area contributed by atoms with Gasteiger partial charge >= 0.3 is 0 Å². The van der Waals surface area contributed by atoms with Gasteiger partial charge in [-0.2, -0.15) is 8.42 Å². The van der Waals surface area contributed by atoms with Crippen LogP contribution in [0.25, 0.3) is 10.8 Å². The molecule has 0 bridgehead atoms. The molecule has 0 saturated carbocycles. The smallest absolute Gasteiger partial charge is 0.282 e. The van der Waals surface area contributed by atoms with E-state index in [1.165, 1.54) is 5.56 Å². The van der Waals surface area contributed by atoms with E-state index in [0.717, 1.165) is 36.6 Å². The van der Waals surface area contributed by atoms with Crippen molar-refractivity contribution in [1.29, 1.82) is 0 Å². The van der Waals surface area contributed by atoms with E-state index in [1.54, 1.807) is 18.2 Å². The molecule has 4 heteroatoms. The Morgan fingerprint density at radius 2 is 1.60 bits per heavy atom. The minimum absolute atomic E-state index is 0.0244. The molecule has 0 aliphatic rings. The third kappa shape index (κ3) is 2.86. The molecule has 3 nitrogen and oxygen atoms in total. The summed E-state index contributed by atoms with van der Waals surface area (Å²) in [4.78, 5) is 0.0244. The van der Waals surface area contributed by atoms with Gasteiger partial charge in [-0.05, 0) is 35.4 Å². The van der Waals surface area contributed by atoms with Gasteiger partial charge in [0.1, 0.15) is 4.90 Å². The molecule has 0 amide bonds. The minimum Gasteiger partial charge on any atom is -0.282 e. The van der Waals surface area contributed by atoms with Crippen molar-refractivity contribution in [3.63, 3.8) is 0 Å². The van der Waals surface area contributed by atoms with Crippen molar-refractivity contribution >= 4 is 20.9 Å². The molecule has 108 valence electrons. The number of hydrogen-bond acceptors (Lipinski definition) is 2. The second kappa shape index (κ2) is 5.94. The predicted octanol–water partition coefficient (Wildman–Crippen LogP) is 3.99. The van der Waals surface area contributed by atoms with Crippen LogP contribution in [0.4, 0.5) is 0 Å². The molecular weight excluding hydrogens is 272 g/mol. The summed E-state index contributed by atoms with van der Waals surface area (Å²) in [7, 11) is -4.20. The minimum atomic E-state index is -4.20. The highest BCUT2D eigenvalue weighted by Crippen LogP contribution is 2.31. The molecule has 2 rings (SSSR count). The van der Waals surface area contributed by atoms with E-state index >= 15 is 0 Å². The first-order valence-electron chi connectivity index (χ1n) is 7.00. The average molecular weight is 292 g/mol. The zero-order valence-corrected chi connectivity index (χ0v) is 12.7. The van der Waals surface area contributed by atoms with Crippen molar-refractivity contribution in [1.82, 2.24) is 0 Å². The molecule has 0 atom stereocenters. The zero-order valence-electron chi connectivity index (χ0n) is 11.9. The van der Waals surface area contributed by atoms with Crippen LogP contribution < -0.4 is 0 Å². The van der Waals surface area contributed by atoms with Crippen LogP contribution in [-0.2, 0) is 23.0 Å². The third-order valence-corrected chi connectivity index (χ3v) is 4.40. The Kier molecular flexibility index (Phi) is 4.45. The first kappa shape index (κ1) is 15.0. The van der Waals surface area contributed by atoms with Crippen LogP contribution in [-0.4, -0.2) is 13.0 Å². The Morgan fingerprint density at radius 3 is 2.15 bits per heavy atom. The van der Waals surface area contributed by atoms with Gasteiger partial charge in [-0.25, -0.2) is 0 Å². The lowest BCUT2D eigenvalue weighted by molar-refractivity contribution is 0.484. The highest BCUT2D eigenvalue weighted by atomic mass is 32.2. The van der Waals surface area contributed by atoms with E-state index in [-0.39, 0.29) is 4.90 Å². The van der Waals surface area contributed by atoms with Crippen molar-refractivity contribution in [2.75, 3.05) is 0 Å². The Hall–Kier alpha value is -1.39. The standard InChI is InChI=1S/C16H20O3S/c1-3-7-12-11-16(20(17,18)19)15-10-6-5-9-14(15)13(12)8-4-2/h5-6,9-11H,3-4,7-8H2,1-2H3,(H,17,18,19). The van der Waals surface area contributed by atoms with Gasteiger partial charge in [0.15, 0.2) is 0 Å². The largest absolute Gasteiger partial charge is 0.295 e. The summed E-state index contributed by atoms with van der Waals surface area (Å²) in [6.45, 7) is 4.18.